The fraction of sp³-hybridized carbons (Fsp3) is 0.562. The van der Waals surface area contributed by atoms with Crippen LogP contribution >= 0.6 is 15.9 Å². The molecule has 0 N–H and O–H groups in total. The van der Waals surface area contributed by atoms with Crippen LogP contribution in [-0.2, 0) is 0 Å². The second-order valence-electron chi connectivity index (χ2n) is 5.90. The van der Waals surface area contributed by atoms with Crippen molar-refractivity contribution in [3.05, 3.63) is 28.2 Å². The topological polar surface area (TPSA) is 30.3 Å². The number of rotatable bonds is 2. The van der Waals surface area contributed by atoms with Gasteiger partial charge in [-0.2, -0.15) is 5.26 Å². The van der Waals surface area contributed by atoms with Gasteiger partial charge < -0.3 is 9.80 Å². The summed E-state index contributed by atoms with van der Waals surface area (Å²) in [7, 11) is 2.13. The number of likely N-dealkylation sites (N-methyl/N-ethyl adjacent to an activating group) is 1. The summed E-state index contributed by atoms with van der Waals surface area (Å²) in [5.41, 5.74) is 2.51. The minimum absolute atomic E-state index is 0.314. The first kappa shape index (κ1) is 15.3. The molecule has 1 fully saturated rings. The van der Waals surface area contributed by atoms with Crippen molar-refractivity contribution in [3.63, 3.8) is 0 Å². The zero-order valence-corrected chi connectivity index (χ0v) is 14.0. The number of aryl methyl sites for hydroxylation is 1. The minimum atomic E-state index is 0.314. The molecule has 3 nitrogen and oxygen atoms in total. The van der Waals surface area contributed by atoms with Crippen LogP contribution in [0.5, 0.6) is 0 Å². The Morgan fingerprint density at radius 1 is 1.35 bits per heavy atom. The molecule has 2 atom stereocenters. The van der Waals surface area contributed by atoms with Crippen molar-refractivity contribution in [2.24, 2.45) is 5.92 Å². The highest BCUT2D eigenvalue weighted by molar-refractivity contribution is 9.10. The number of benzene rings is 1. The molecule has 0 radical (unpaired) electrons. The Morgan fingerprint density at radius 2 is 2.10 bits per heavy atom. The molecule has 2 rings (SSSR count). The van der Waals surface area contributed by atoms with E-state index >= 15 is 0 Å². The van der Waals surface area contributed by atoms with Gasteiger partial charge in [-0.25, -0.2) is 0 Å². The van der Waals surface area contributed by atoms with Crippen molar-refractivity contribution < 1.29 is 0 Å². The first-order valence-corrected chi connectivity index (χ1v) is 7.89. The summed E-state index contributed by atoms with van der Waals surface area (Å²) >= 11 is 3.56. The van der Waals surface area contributed by atoms with Crippen LogP contribution in [0, 0.1) is 24.2 Å². The molecule has 0 bridgehead atoms. The standard InChI is InChI=1S/C16H22BrN3/c1-12-9-19(3)15(6-7-18)11-20(10-12)14-4-5-16(17)13(2)8-14/h4-5,8,12,15H,6,9-11H2,1-3H3. The highest BCUT2D eigenvalue weighted by Gasteiger charge is 2.25. The minimum Gasteiger partial charge on any atom is -0.370 e. The summed E-state index contributed by atoms with van der Waals surface area (Å²) < 4.78 is 1.15. The fourth-order valence-corrected chi connectivity index (χ4v) is 3.15. The lowest BCUT2D eigenvalue weighted by Gasteiger charge is -2.29. The molecule has 0 aliphatic carbocycles. The molecule has 1 aromatic carbocycles. The van der Waals surface area contributed by atoms with E-state index in [0.717, 1.165) is 24.1 Å². The smallest absolute Gasteiger partial charge is 0.0638 e. The predicted octanol–water partition coefficient (Wildman–Crippen LogP) is 3.43. The second-order valence-corrected chi connectivity index (χ2v) is 6.75. The molecule has 0 saturated carbocycles. The van der Waals surface area contributed by atoms with Crippen LogP contribution in [0.25, 0.3) is 0 Å². The van der Waals surface area contributed by atoms with Gasteiger partial charge in [0.05, 0.1) is 12.5 Å². The Kier molecular flexibility index (Phi) is 5.06. The molecule has 4 heteroatoms. The number of hydrogen-bond donors (Lipinski definition) is 0. The van der Waals surface area contributed by atoms with E-state index in [-0.39, 0.29) is 0 Å². The molecule has 0 amide bonds. The lowest BCUT2D eigenvalue weighted by molar-refractivity contribution is 0.241. The summed E-state index contributed by atoms with van der Waals surface area (Å²) in [4.78, 5) is 4.76. The Morgan fingerprint density at radius 3 is 2.75 bits per heavy atom. The molecule has 2 unspecified atom stereocenters. The fourth-order valence-electron chi connectivity index (χ4n) is 2.91. The number of nitrogens with zero attached hydrogens (tertiary/aromatic N) is 3. The van der Waals surface area contributed by atoms with Gasteiger partial charge in [0.15, 0.2) is 0 Å². The van der Waals surface area contributed by atoms with Crippen molar-refractivity contribution in [3.8, 4) is 6.07 Å². The lowest BCUT2D eigenvalue weighted by Crippen LogP contribution is -2.38. The Bertz CT molecular complexity index is 509. The van der Waals surface area contributed by atoms with Crippen molar-refractivity contribution in [2.45, 2.75) is 26.3 Å². The number of halogens is 1. The van der Waals surface area contributed by atoms with E-state index in [4.69, 9.17) is 5.26 Å². The van der Waals surface area contributed by atoms with E-state index in [1.54, 1.807) is 0 Å². The number of anilines is 1. The third-order valence-corrected chi connectivity index (χ3v) is 4.91. The molecular formula is C16H22BrN3. The average molecular weight is 336 g/mol. The molecule has 1 heterocycles. The summed E-state index contributed by atoms with van der Waals surface area (Å²) in [6.07, 6.45) is 0.592. The maximum absolute atomic E-state index is 9.03. The molecule has 1 aliphatic rings. The zero-order chi connectivity index (χ0) is 14.7. The van der Waals surface area contributed by atoms with Crippen LogP contribution in [0.1, 0.15) is 18.9 Å². The average Bonchev–Trinajstić information content (AvgIpc) is 2.53. The van der Waals surface area contributed by atoms with Crippen LogP contribution in [0.3, 0.4) is 0 Å². The molecular weight excluding hydrogens is 314 g/mol. The Labute approximate surface area is 130 Å². The first-order valence-electron chi connectivity index (χ1n) is 7.09. The van der Waals surface area contributed by atoms with Gasteiger partial charge in [-0.3, -0.25) is 0 Å². The van der Waals surface area contributed by atoms with Crippen molar-refractivity contribution in [1.29, 1.82) is 5.26 Å². The van der Waals surface area contributed by atoms with E-state index in [9.17, 15) is 0 Å². The van der Waals surface area contributed by atoms with Gasteiger partial charge in [0.25, 0.3) is 0 Å². The maximum Gasteiger partial charge on any atom is 0.0638 e. The van der Waals surface area contributed by atoms with Crippen LogP contribution in [0.2, 0.25) is 0 Å². The highest BCUT2D eigenvalue weighted by atomic mass is 79.9. The van der Waals surface area contributed by atoms with E-state index in [0.29, 0.717) is 18.4 Å². The number of nitriles is 1. The molecule has 0 spiro atoms. The van der Waals surface area contributed by atoms with E-state index in [1.807, 2.05) is 0 Å². The third-order valence-electron chi connectivity index (χ3n) is 4.02. The Hall–Kier alpha value is -1.05. The summed E-state index contributed by atoms with van der Waals surface area (Å²) in [6.45, 7) is 7.43. The SMILES string of the molecule is Cc1cc(N2CC(C)CN(C)C(CC#N)C2)ccc1Br. The molecule has 0 aromatic heterocycles. The number of hydrogen-bond acceptors (Lipinski definition) is 3. The van der Waals surface area contributed by atoms with Gasteiger partial charge in [-0.1, -0.05) is 22.9 Å². The lowest BCUT2D eigenvalue weighted by atomic mass is 10.1. The van der Waals surface area contributed by atoms with Crippen LogP contribution in [-0.4, -0.2) is 37.6 Å². The van der Waals surface area contributed by atoms with Gasteiger partial charge in [0.2, 0.25) is 0 Å². The van der Waals surface area contributed by atoms with Crippen LogP contribution in [0.4, 0.5) is 5.69 Å². The van der Waals surface area contributed by atoms with Crippen LogP contribution < -0.4 is 4.90 Å². The normalized spacial score (nSPS) is 24.2. The summed E-state index contributed by atoms with van der Waals surface area (Å²) in [5.74, 6) is 0.604. The Balaban J connectivity index is 2.24. The summed E-state index contributed by atoms with van der Waals surface area (Å²) in [5, 5.41) is 9.03. The zero-order valence-electron chi connectivity index (χ0n) is 12.4. The molecule has 1 saturated heterocycles. The van der Waals surface area contributed by atoms with E-state index < -0.39 is 0 Å². The quantitative estimate of drug-likeness (QED) is 0.829. The van der Waals surface area contributed by atoms with Crippen molar-refractivity contribution in [1.82, 2.24) is 4.90 Å². The van der Waals surface area contributed by atoms with Crippen LogP contribution in [0.15, 0.2) is 22.7 Å². The van der Waals surface area contributed by atoms with E-state index in [2.05, 4.69) is 70.9 Å². The molecule has 1 aliphatic heterocycles. The van der Waals surface area contributed by atoms with Crippen molar-refractivity contribution in [2.75, 3.05) is 31.6 Å². The third kappa shape index (κ3) is 3.53. The van der Waals surface area contributed by atoms with Gasteiger partial charge in [-0.05, 0) is 43.7 Å². The highest BCUT2D eigenvalue weighted by Crippen LogP contribution is 2.26. The largest absolute Gasteiger partial charge is 0.370 e. The van der Waals surface area contributed by atoms with Gasteiger partial charge in [0.1, 0.15) is 0 Å². The maximum atomic E-state index is 9.03. The first-order chi connectivity index (χ1) is 9.51. The predicted molar refractivity (Wildman–Crippen MR) is 86.9 cm³/mol. The van der Waals surface area contributed by atoms with Crippen molar-refractivity contribution >= 4 is 21.6 Å². The molecule has 1 aromatic rings. The van der Waals surface area contributed by atoms with Gasteiger partial charge in [0, 0.05) is 35.8 Å². The monoisotopic (exact) mass is 335 g/mol. The molecule has 108 valence electrons. The van der Waals surface area contributed by atoms with Gasteiger partial charge >= 0.3 is 0 Å². The van der Waals surface area contributed by atoms with Gasteiger partial charge in [-0.15, -0.1) is 0 Å². The summed E-state index contributed by atoms with van der Waals surface area (Å²) in [6, 6.07) is 9.15. The second kappa shape index (κ2) is 6.60. The molecule has 20 heavy (non-hydrogen) atoms. The van der Waals surface area contributed by atoms with E-state index in [1.165, 1.54) is 11.3 Å².